The Morgan fingerprint density at radius 2 is 1.93 bits per heavy atom. The second kappa shape index (κ2) is 8.25. The van der Waals surface area contributed by atoms with Crippen LogP contribution in [0.15, 0.2) is 48.5 Å². The summed E-state index contributed by atoms with van der Waals surface area (Å²) in [4.78, 5) is 36.7. The molecule has 1 aliphatic rings. The van der Waals surface area contributed by atoms with E-state index in [0.29, 0.717) is 24.0 Å². The number of rotatable bonds is 6. The van der Waals surface area contributed by atoms with Gasteiger partial charge < -0.3 is 15.8 Å². The van der Waals surface area contributed by atoms with E-state index in [9.17, 15) is 14.4 Å². The molecule has 3 rings (SSSR count). The number of carbonyl (C=O) groups is 3. The first-order chi connectivity index (χ1) is 13.4. The van der Waals surface area contributed by atoms with Gasteiger partial charge in [-0.1, -0.05) is 50.6 Å². The van der Waals surface area contributed by atoms with Crippen molar-refractivity contribution in [2.45, 2.75) is 38.8 Å². The van der Waals surface area contributed by atoms with Crippen molar-refractivity contribution in [3.05, 3.63) is 70.8 Å². The lowest BCUT2D eigenvalue weighted by Gasteiger charge is -2.26. The van der Waals surface area contributed by atoms with Gasteiger partial charge >= 0.3 is 5.97 Å². The molecular weight excluding hydrogens is 356 g/mol. The van der Waals surface area contributed by atoms with Gasteiger partial charge in [-0.05, 0) is 35.2 Å². The average Bonchev–Trinajstić information content (AvgIpc) is 2.71. The molecule has 0 radical (unpaired) electrons. The number of nitrogens with one attached hydrogen (secondary N) is 1. The van der Waals surface area contributed by atoms with Gasteiger partial charge in [-0.25, -0.2) is 4.79 Å². The molecular formula is C22H24N2O4. The molecule has 0 spiro atoms. The molecule has 3 atom stereocenters. The van der Waals surface area contributed by atoms with Crippen molar-refractivity contribution in [3.63, 3.8) is 0 Å². The van der Waals surface area contributed by atoms with Crippen LogP contribution >= 0.6 is 0 Å². The van der Waals surface area contributed by atoms with E-state index in [1.54, 1.807) is 18.2 Å². The number of amides is 2. The Morgan fingerprint density at radius 1 is 1.21 bits per heavy atom. The predicted molar refractivity (Wildman–Crippen MR) is 105 cm³/mol. The van der Waals surface area contributed by atoms with E-state index in [0.717, 1.165) is 11.1 Å². The van der Waals surface area contributed by atoms with Gasteiger partial charge in [0, 0.05) is 12.0 Å². The van der Waals surface area contributed by atoms with Crippen LogP contribution in [0.4, 0.5) is 0 Å². The molecule has 0 saturated heterocycles. The van der Waals surface area contributed by atoms with Crippen molar-refractivity contribution in [3.8, 4) is 0 Å². The summed E-state index contributed by atoms with van der Waals surface area (Å²) in [6.45, 7) is 3.80. The Kier molecular flexibility index (Phi) is 5.78. The van der Waals surface area contributed by atoms with Crippen molar-refractivity contribution in [1.29, 1.82) is 0 Å². The van der Waals surface area contributed by atoms with Crippen LogP contribution in [0.2, 0.25) is 0 Å². The lowest BCUT2D eigenvalue weighted by atomic mass is 9.92. The summed E-state index contributed by atoms with van der Waals surface area (Å²) in [7, 11) is 0. The largest absolute Gasteiger partial charge is 0.454 e. The molecule has 6 nitrogen and oxygen atoms in total. The maximum Gasteiger partial charge on any atom is 0.339 e. The number of ether oxygens (including phenoxy) is 1. The highest BCUT2D eigenvalue weighted by Gasteiger charge is 2.29. The van der Waals surface area contributed by atoms with Gasteiger partial charge in [-0.3, -0.25) is 9.59 Å². The Bertz CT molecular complexity index is 895. The normalized spacial score (nSPS) is 17.8. The first-order valence-electron chi connectivity index (χ1n) is 9.39. The van der Waals surface area contributed by atoms with Crippen LogP contribution in [0.25, 0.3) is 0 Å². The van der Waals surface area contributed by atoms with Crippen molar-refractivity contribution in [1.82, 2.24) is 5.32 Å². The molecule has 6 heteroatoms. The summed E-state index contributed by atoms with van der Waals surface area (Å²) in [6.07, 6.45) is 0.803. The minimum Gasteiger partial charge on any atom is -0.454 e. The first kappa shape index (κ1) is 19.6. The summed E-state index contributed by atoms with van der Waals surface area (Å²) in [5.74, 6) is -1.43. The monoisotopic (exact) mass is 380 g/mol. The summed E-state index contributed by atoms with van der Waals surface area (Å²) >= 11 is 0. The molecule has 146 valence electrons. The quantitative estimate of drug-likeness (QED) is 0.753. The fraction of sp³-hybridized carbons (Fsp3) is 0.318. The van der Waals surface area contributed by atoms with Crippen LogP contribution in [0, 0.1) is 5.92 Å². The van der Waals surface area contributed by atoms with E-state index >= 15 is 0 Å². The first-order valence-corrected chi connectivity index (χ1v) is 9.39. The number of carbonyl (C=O) groups excluding carboxylic acids is 3. The number of primary amides is 1. The Balaban J connectivity index is 1.83. The molecule has 0 aliphatic carbocycles. The Labute approximate surface area is 164 Å². The van der Waals surface area contributed by atoms with E-state index in [4.69, 9.17) is 10.5 Å². The van der Waals surface area contributed by atoms with Crippen LogP contribution in [0.1, 0.15) is 58.2 Å². The zero-order valence-corrected chi connectivity index (χ0v) is 16.0. The van der Waals surface area contributed by atoms with Gasteiger partial charge in [0.25, 0.3) is 5.91 Å². The Morgan fingerprint density at radius 3 is 2.57 bits per heavy atom. The van der Waals surface area contributed by atoms with Crippen LogP contribution in [-0.4, -0.2) is 23.8 Å². The number of fused-ring (bicyclic) bond motifs is 1. The van der Waals surface area contributed by atoms with Gasteiger partial charge in [0.1, 0.15) is 12.1 Å². The van der Waals surface area contributed by atoms with Crippen LogP contribution in [0.5, 0.6) is 0 Å². The molecule has 3 N–H and O–H groups in total. The predicted octanol–water partition coefficient (Wildman–Crippen LogP) is 2.77. The number of hydrogen-bond donors (Lipinski definition) is 2. The van der Waals surface area contributed by atoms with Gasteiger partial charge in [0.15, 0.2) is 0 Å². The molecule has 0 bridgehead atoms. The summed E-state index contributed by atoms with van der Waals surface area (Å²) < 4.78 is 5.54. The molecule has 0 aromatic heterocycles. The number of cyclic esters (lactones) is 1. The van der Waals surface area contributed by atoms with Crippen LogP contribution in [0.3, 0.4) is 0 Å². The van der Waals surface area contributed by atoms with Crippen molar-refractivity contribution >= 4 is 17.8 Å². The van der Waals surface area contributed by atoms with Gasteiger partial charge in [0.05, 0.1) is 5.56 Å². The zero-order valence-electron chi connectivity index (χ0n) is 16.0. The van der Waals surface area contributed by atoms with Gasteiger partial charge in [-0.2, -0.15) is 0 Å². The topological polar surface area (TPSA) is 98.5 Å². The minimum atomic E-state index is -0.740. The third kappa shape index (κ3) is 4.06. The zero-order chi connectivity index (χ0) is 20.3. The highest BCUT2D eigenvalue weighted by atomic mass is 16.5. The Hall–Kier alpha value is -3.15. The third-order valence-electron chi connectivity index (χ3n) is 5.22. The second-order valence-corrected chi connectivity index (χ2v) is 7.12. The van der Waals surface area contributed by atoms with Crippen molar-refractivity contribution in [2.75, 3.05) is 0 Å². The summed E-state index contributed by atoms with van der Waals surface area (Å²) in [5.41, 5.74) is 7.93. The van der Waals surface area contributed by atoms with E-state index in [1.807, 2.05) is 44.2 Å². The summed E-state index contributed by atoms with van der Waals surface area (Å²) in [5, 5.41) is 2.71. The average molecular weight is 380 g/mol. The smallest absolute Gasteiger partial charge is 0.339 e. The van der Waals surface area contributed by atoms with Gasteiger partial charge in [0.2, 0.25) is 5.91 Å². The van der Waals surface area contributed by atoms with Crippen LogP contribution < -0.4 is 11.1 Å². The fourth-order valence-electron chi connectivity index (χ4n) is 3.34. The molecule has 28 heavy (non-hydrogen) atoms. The second-order valence-electron chi connectivity index (χ2n) is 7.12. The molecule has 0 fully saturated rings. The fourth-order valence-corrected chi connectivity index (χ4v) is 3.34. The molecule has 2 aromatic rings. The molecule has 1 aliphatic heterocycles. The highest BCUT2D eigenvalue weighted by molar-refractivity contribution is 5.99. The molecule has 2 aromatic carbocycles. The number of benzene rings is 2. The third-order valence-corrected chi connectivity index (χ3v) is 5.22. The van der Waals surface area contributed by atoms with Crippen molar-refractivity contribution < 1.29 is 19.1 Å². The van der Waals surface area contributed by atoms with Crippen LogP contribution in [-0.2, 0) is 16.0 Å². The van der Waals surface area contributed by atoms with Gasteiger partial charge in [-0.15, -0.1) is 0 Å². The van der Waals surface area contributed by atoms with E-state index in [-0.39, 0.29) is 11.8 Å². The number of esters is 1. The van der Waals surface area contributed by atoms with E-state index in [2.05, 4.69) is 5.32 Å². The van der Waals surface area contributed by atoms with E-state index < -0.39 is 24.0 Å². The standard InChI is InChI=1S/C22H24N2O4/c1-3-13(2)19(20(23)25)24-21(26)15-9-10-17-16(11-15)12-18(28-22(17)27)14-7-5-4-6-8-14/h4-11,13,18-19H,3,12H2,1-2H3,(H2,23,25)(H,24,26). The number of nitrogens with two attached hydrogens (primary N) is 1. The highest BCUT2D eigenvalue weighted by Crippen LogP contribution is 2.31. The molecule has 3 unspecified atom stereocenters. The van der Waals surface area contributed by atoms with Crippen molar-refractivity contribution in [2.24, 2.45) is 11.7 Å². The minimum absolute atomic E-state index is 0.0727. The number of hydrogen-bond acceptors (Lipinski definition) is 4. The lowest BCUT2D eigenvalue weighted by Crippen LogP contribution is -2.48. The van der Waals surface area contributed by atoms with E-state index in [1.165, 1.54) is 0 Å². The molecule has 1 heterocycles. The molecule has 0 saturated carbocycles. The molecule has 2 amide bonds. The maximum atomic E-state index is 12.7. The summed E-state index contributed by atoms with van der Waals surface area (Å²) in [6, 6.07) is 13.6. The lowest BCUT2D eigenvalue weighted by molar-refractivity contribution is -0.120. The maximum absolute atomic E-state index is 12.7. The SMILES string of the molecule is CCC(C)C(NC(=O)c1ccc2c(c1)CC(c1ccccc1)OC2=O)C(N)=O.